The molecular weight excluding hydrogens is 216 g/mol. The normalized spacial score (nSPS) is 19.4. The first-order valence-electron chi connectivity index (χ1n) is 6.53. The second-order valence-corrected chi connectivity index (χ2v) is 5.74. The largest absolute Gasteiger partial charge is 0.390 e. The summed E-state index contributed by atoms with van der Waals surface area (Å²) in [6.45, 7) is 8.21. The van der Waals surface area contributed by atoms with E-state index in [1.54, 1.807) is 18.7 Å². The number of carbonyl (C=O) groups is 1. The van der Waals surface area contributed by atoms with Crippen molar-refractivity contribution >= 4 is 5.91 Å². The molecule has 1 saturated heterocycles. The van der Waals surface area contributed by atoms with Crippen molar-refractivity contribution in [3.8, 4) is 0 Å². The van der Waals surface area contributed by atoms with E-state index in [-0.39, 0.29) is 11.9 Å². The first-order valence-corrected chi connectivity index (χ1v) is 6.53. The molecule has 1 amide bonds. The van der Waals surface area contributed by atoms with Crippen LogP contribution in [0.4, 0.5) is 0 Å². The molecule has 0 aromatic carbocycles. The van der Waals surface area contributed by atoms with Gasteiger partial charge in [0.2, 0.25) is 5.91 Å². The summed E-state index contributed by atoms with van der Waals surface area (Å²) >= 11 is 0. The van der Waals surface area contributed by atoms with Crippen LogP contribution >= 0.6 is 0 Å². The third kappa shape index (κ3) is 4.64. The Hall–Kier alpha value is -0.610. The van der Waals surface area contributed by atoms with E-state index in [1.807, 2.05) is 14.0 Å². The van der Waals surface area contributed by atoms with Crippen molar-refractivity contribution in [1.82, 2.24) is 9.80 Å². The lowest BCUT2D eigenvalue weighted by atomic mass is 10.1. The smallest absolute Gasteiger partial charge is 0.239 e. The maximum absolute atomic E-state index is 12.1. The third-order valence-corrected chi connectivity index (χ3v) is 3.48. The number of hydrogen-bond donors (Lipinski definition) is 1. The molecule has 1 N–H and O–H groups in total. The van der Waals surface area contributed by atoms with Crippen LogP contribution in [0, 0.1) is 0 Å². The number of likely N-dealkylation sites (tertiary alicyclic amines) is 1. The molecule has 0 spiro atoms. The van der Waals surface area contributed by atoms with Crippen LogP contribution in [0.25, 0.3) is 0 Å². The Balaban J connectivity index is 2.40. The molecule has 0 unspecified atom stereocenters. The van der Waals surface area contributed by atoms with Gasteiger partial charge in [0.25, 0.3) is 0 Å². The molecule has 4 heteroatoms. The van der Waals surface area contributed by atoms with E-state index >= 15 is 0 Å². The first kappa shape index (κ1) is 14.5. The molecule has 0 saturated carbocycles. The molecule has 1 atom stereocenters. The van der Waals surface area contributed by atoms with Crippen LogP contribution in [0.2, 0.25) is 0 Å². The van der Waals surface area contributed by atoms with Gasteiger partial charge in [0.05, 0.1) is 11.6 Å². The van der Waals surface area contributed by atoms with Crippen molar-refractivity contribution in [3.63, 3.8) is 0 Å². The van der Waals surface area contributed by atoms with Crippen LogP contribution in [0.15, 0.2) is 0 Å². The Labute approximate surface area is 105 Å². The van der Waals surface area contributed by atoms with Crippen molar-refractivity contribution < 1.29 is 9.90 Å². The van der Waals surface area contributed by atoms with E-state index in [9.17, 15) is 9.90 Å². The summed E-state index contributed by atoms with van der Waals surface area (Å²) in [5, 5.41) is 9.65. The van der Waals surface area contributed by atoms with Crippen molar-refractivity contribution in [3.05, 3.63) is 0 Å². The molecular formula is C13H26N2O2. The molecule has 0 aromatic rings. The van der Waals surface area contributed by atoms with Gasteiger partial charge in [-0.25, -0.2) is 0 Å². The zero-order valence-corrected chi connectivity index (χ0v) is 11.6. The lowest BCUT2D eigenvalue weighted by molar-refractivity contribution is -0.135. The van der Waals surface area contributed by atoms with Gasteiger partial charge in [-0.2, -0.15) is 0 Å². The lowest BCUT2D eigenvalue weighted by Gasteiger charge is -2.29. The maximum Gasteiger partial charge on any atom is 0.239 e. The highest BCUT2D eigenvalue weighted by Gasteiger charge is 2.26. The quantitative estimate of drug-likeness (QED) is 0.785. The van der Waals surface area contributed by atoms with Crippen molar-refractivity contribution in [1.29, 1.82) is 0 Å². The molecule has 0 aromatic heterocycles. The van der Waals surface area contributed by atoms with E-state index in [1.165, 1.54) is 12.8 Å². The van der Waals surface area contributed by atoms with Crippen LogP contribution in [0.1, 0.15) is 40.0 Å². The second kappa shape index (κ2) is 5.83. The molecule has 17 heavy (non-hydrogen) atoms. The third-order valence-electron chi connectivity index (χ3n) is 3.48. The number of hydrogen-bond acceptors (Lipinski definition) is 3. The summed E-state index contributed by atoms with van der Waals surface area (Å²) in [7, 11) is 1.82. The van der Waals surface area contributed by atoms with Crippen molar-refractivity contribution in [2.45, 2.75) is 51.7 Å². The molecule has 1 aliphatic rings. The van der Waals surface area contributed by atoms with Crippen molar-refractivity contribution in [2.24, 2.45) is 0 Å². The average Bonchev–Trinajstić information content (AvgIpc) is 2.76. The second-order valence-electron chi connectivity index (χ2n) is 5.74. The predicted molar refractivity (Wildman–Crippen MR) is 68.8 cm³/mol. The van der Waals surface area contributed by atoms with Gasteiger partial charge >= 0.3 is 0 Å². The Morgan fingerprint density at radius 3 is 2.41 bits per heavy atom. The number of amides is 1. The predicted octanol–water partition coefficient (Wildman–Crippen LogP) is 1.09. The Kier molecular flexibility index (Phi) is 4.95. The van der Waals surface area contributed by atoms with Crippen molar-refractivity contribution in [2.75, 3.05) is 26.7 Å². The Morgan fingerprint density at radius 1 is 1.41 bits per heavy atom. The van der Waals surface area contributed by atoms with Gasteiger partial charge in [0, 0.05) is 13.6 Å². The summed E-state index contributed by atoms with van der Waals surface area (Å²) < 4.78 is 0. The molecule has 1 rings (SSSR count). The molecule has 1 aliphatic heterocycles. The fourth-order valence-electron chi connectivity index (χ4n) is 2.16. The van der Waals surface area contributed by atoms with Crippen LogP contribution in [-0.2, 0) is 4.79 Å². The molecule has 100 valence electrons. The molecule has 1 fully saturated rings. The summed E-state index contributed by atoms with van der Waals surface area (Å²) in [4.78, 5) is 16.1. The SMILES string of the molecule is C[C@@H](C(=O)N(C)CCC(C)(C)O)N1CCCC1. The van der Waals surface area contributed by atoms with E-state index < -0.39 is 5.60 Å². The zero-order valence-electron chi connectivity index (χ0n) is 11.6. The molecule has 1 heterocycles. The molecule has 0 radical (unpaired) electrons. The average molecular weight is 242 g/mol. The fraction of sp³-hybridized carbons (Fsp3) is 0.923. The number of rotatable bonds is 5. The van der Waals surface area contributed by atoms with Gasteiger partial charge in [0.1, 0.15) is 0 Å². The van der Waals surface area contributed by atoms with E-state index in [0.717, 1.165) is 13.1 Å². The number of carbonyl (C=O) groups excluding carboxylic acids is 1. The fourth-order valence-corrected chi connectivity index (χ4v) is 2.16. The minimum absolute atomic E-state index is 0.0238. The van der Waals surface area contributed by atoms with Crippen LogP contribution in [0.3, 0.4) is 0 Å². The topological polar surface area (TPSA) is 43.8 Å². The van der Waals surface area contributed by atoms with E-state index in [4.69, 9.17) is 0 Å². The van der Waals surface area contributed by atoms with E-state index in [0.29, 0.717) is 13.0 Å². The minimum atomic E-state index is -0.703. The Morgan fingerprint density at radius 2 is 1.94 bits per heavy atom. The van der Waals surface area contributed by atoms with Crippen LogP contribution in [0.5, 0.6) is 0 Å². The van der Waals surface area contributed by atoms with Gasteiger partial charge in [-0.05, 0) is 53.1 Å². The highest BCUT2D eigenvalue weighted by molar-refractivity contribution is 5.81. The van der Waals surface area contributed by atoms with Gasteiger partial charge in [-0.1, -0.05) is 0 Å². The van der Waals surface area contributed by atoms with Gasteiger partial charge in [-0.15, -0.1) is 0 Å². The lowest BCUT2D eigenvalue weighted by Crippen LogP contribution is -2.45. The number of nitrogens with zero attached hydrogens (tertiary/aromatic N) is 2. The maximum atomic E-state index is 12.1. The summed E-state index contributed by atoms with van der Waals surface area (Å²) in [5.74, 6) is 0.163. The standard InChI is InChI=1S/C13H26N2O2/c1-11(15-8-5-6-9-15)12(16)14(4)10-7-13(2,3)17/h11,17H,5-10H2,1-4H3/t11-/m0/s1. The molecule has 0 bridgehead atoms. The highest BCUT2D eigenvalue weighted by Crippen LogP contribution is 2.14. The highest BCUT2D eigenvalue weighted by atomic mass is 16.3. The minimum Gasteiger partial charge on any atom is -0.390 e. The van der Waals surface area contributed by atoms with Gasteiger partial charge in [-0.3, -0.25) is 9.69 Å². The molecule has 4 nitrogen and oxygen atoms in total. The molecule has 0 aliphatic carbocycles. The van der Waals surface area contributed by atoms with Gasteiger partial charge < -0.3 is 10.0 Å². The number of likely N-dealkylation sites (N-methyl/N-ethyl adjacent to an activating group) is 1. The summed E-state index contributed by atoms with van der Waals surface area (Å²) in [5.41, 5.74) is -0.703. The first-order chi connectivity index (χ1) is 7.81. The zero-order chi connectivity index (χ0) is 13.1. The van der Waals surface area contributed by atoms with Crippen LogP contribution in [-0.4, -0.2) is 59.1 Å². The summed E-state index contributed by atoms with van der Waals surface area (Å²) in [6.07, 6.45) is 3.01. The van der Waals surface area contributed by atoms with E-state index in [2.05, 4.69) is 4.90 Å². The Bertz CT molecular complexity index is 255. The summed E-state index contributed by atoms with van der Waals surface area (Å²) in [6, 6.07) is -0.0238. The number of aliphatic hydroxyl groups is 1. The monoisotopic (exact) mass is 242 g/mol. The van der Waals surface area contributed by atoms with Crippen LogP contribution < -0.4 is 0 Å². The van der Waals surface area contributed by atoms with Gasteiger partial charge in [0.15, 0.2) is 0 Å².